The molecule has 2 aromatic heterocycles. The molecule has 0 aliphatic rings. The summed E-state index contributed by atoms with van der Waals surface area (Å²) >= 11 is 0. The predicted molar refractivity (Wildman–Crippen MR) is 108 cm³/mol. The molecule has 0 bridgehead atoms. The molecule has 0 spiro atoms. The molecule has 0 radical (unpaired) electrons. The van der Waals surface area contributed by atoms with Gasteiger partial charge >= 0.3 is 0 Å². The third-order valence-electron chi connectivity index (χ3n) is 5.01. The molecule has 1 unspecified atom stereocenters. The predicted octanol–water partition coefficient (Wildman–Crippen LogP) is 5.31. The number of hydrogen-bond donors (Lipinski definition) is 0. The summed E-state index contributed by atoms with van der Waals surface area (Å²) in [5, 5.41) is 8.86. The second kappa shape index (κ2) is 9.60. The Hall–Kier alpha value is -2.27. The largest absolute Gasteiger partial charge is 0.348 e. The molecule has 5 nitrogen and oxygen atoms in total. The van der Waals surface area contributed by atoms with Gasteiger partial charge in [-0.1, -0.05) is 62.4 Å². The zero-order chi connectivity index (χ0) is 19.0. The van der Waals surface area contributed by atoms with Crippen LogP contribution in [0.25, 0.3) is 11.0 Å². The second-order valence-corrected chi connectivity index (χ2v) is 6.94. The van der Waals surface area contributed by atoms with Gasteiger partial charge in [0, 0.05) is 19.2 Å². The number of para-hydroxylation sites is 1. The van der Waals surface area contributed by atoms with Gasteiger partial charge in [-0.15, -0.1) is 5.10 Å². The number of pyridine rings is 1. The lowest BCUT2D eigenvalue weighted by atomic mass is 9.98. The van der Waals surface area contributed by atoms with Crippen LogP contribution in [0.2, 0.25) is 0 Å². The van der Waals surface area contributed by atoms with Crippen LogP contribution in [-0.2, 0) is 10.5 Å². The lowest BCUT2D eigenvalue weighted by molar-refractivity contribution is -0.0857. The van der Waals surface area contributed by atoms with Gasteiger partial charge in [-0.2, -0.15) is 0 Å². The van der Waals surface area contributed by atoms with Crippen molar-refractivity contribution in [2.75, 3.05) is 6.61 Å². The molecule has 2 heterocycles. The van der Waals surface area contributed by atoms with E-state index < -0.39 is 5.72 Å². The number of rotatable bonds is 11. The minimum atomic E-state index is -0.725. The van der Waals surface area contributed by atoms with Crippen LogP contribution in [0.15, 0.2) is 48.7 Å². The zero-order valence-electron chi connectivity index (χ0n) is 16.5. The first-order valence-corrected chi connectivity index (χ1v) is 10.2. The van der Waals surface area contributed by atoms with Gasteiger partial charge in [0.1, 0.15) is 5.52 Å². The van der Waals surface area contributed by atoms with Gasteiger partial charge in [-0.05, 0) is 37.6 Å². The van der Waals surface area contributed by atoms with E-state index in [9.17, 15) is 0 Å². The first-order valence-electron chi connectivity index (χ1n) is 10.2. The van der Waals surface area contributed by atoms with Crippen molar-refractivity contribution in [1.29, 1.82) is 0 Å². The summed E-state index contributed by atoms with van der Waals surface area (Å²) in [6.07, 6.45) is 10.0. The molecule has 27 heavy (non-hydrogen) atoms. The van der Waals surface area contributed by atoms with Crippen LogP contribution in [0.3, 0.4) is 0 Å². The Morgan fingerprint density at radius 2 is 1.70 bits per heavy atom. The lowest BCUT2D eigenvalue weighted by Crippen LogP contribution is -2.40. The van der Waals surface area contributed by atoms with E-state index in [2.05, 4.69) is 22.2 Å². The van der Waals surface area contributed by atoms with E-state index >= 15 is 0 Å². The van der Waals surface area contributed by atoms with E-state index in [-0.39, 0.29) is 0 Å². The van der Waals surface area contributed by atoms with E-state index in [0.29, 0.717) is 6.61 Å². The van der Waals surface area contributed by atoms with Crippen molar-refractivity contribution in [3.8, 4) is 0 Å². The van der Waals surface area contributed by atoms with Crippen molar-refractivity contribution in [2.45, 2.75) is 64.5 Å². The third-order valence-corrected chi connectivity index (χ3v) is 5.01. The highest BCUT2D eigenvalue weighted by atomic mass is 16.5. The fraction of sp³-hybridized carbons (Fsp3) is 0.500. The smallest absolute Gasteiger partial charge is 0.205 e. The third kappa shape index (κ3) is 4.35. The van der Waals surface area contributed by atoms with E-state index in [1.165, 1.54) is 32.1 Å². The molecule has 0 fully saturated rings. The minimum absolute atomic E-state index is 0.584. The Morgan fingerprint density at radius 1 is 0.926 bits per heavy atom. The summed E-state index contributed by atoms with van der Waals surface area (Å²) < 4.78 is 8.32. The van der Waals surface area contributed by atoms with Crippen LogP contribution in [0.5, 0.6) is 0 Å². The quantitative estimate of drug-likeness (QED) is 0.431. The summed E-state index contributed by atoms with van der Waals surface area (Å²) in [6, 6.07) is 14.0. The number of nitrogens with zero attached hydrogens (tertiary/aromatic N) is 4. The highest BCUT2D eigenvalue weighted by molar-refractivity contribution is 5.74. The first kappa shape index (κ1) is 19.5. The molecular formula is C22H30N4O. The number of fused-ring (bicyclic) bond motifs is 1. The van der Waals surface area contributed by atoms with Crippen LogP contribution in [0.1, 0.15) is 64.5 Å². The number of benzene rings is 1. The lowest BCUT2D eigenvalue weighted by Gasteiger charge is -2.33. The second-order valence-electron chi connectivity index (χ2n) is 6.94. The molecule has 0 saturated carbocycles. The molecule has 144 valence electrons. The standard InChI is InChI=1S/C22H30N4O/c1-3-5-6-7-8-12-17-22(27-4-2,21-16-11-13-18-23-21)26-20-15-10-9-14-19(20)24-25-26/h9-11,13-16,18H,3-8,12,17H2,1-2H3. The number of ether oxygens (including phenoxy) is 1. The van der Waals surface area contributed by atoms with Gasteiger partial charge in [0.15, 0.2) is 0 Å². The van der Waals surface area contributed by atoms with Crippen LogP contribution in [-0.4, -0.2) is 26.6 Å². The molecule has 1 atom stereocenters. The van der Waals surface area contributed by atoms with Crippen molar-refractivity contribution in [1.82, 2.24) is 20.0 Å². The fourth-order valence-corrected chi connectivity index (χ4v) is 3.66. The Morgan fingerprint density at radius 3 is 2.48 bits per heavy atom. The maximum atomic E-state index is 6.39. The van der Waals surface area contributed by atoms with Crippen LogP contribution in [0, 0.1) is 0 Å². The molecule has 0 aliphatic heterocycles. The average molecular weight is 367 g/mol. The molecule has 3 aromatic rings. The molecule has 5 heteroatoms. The highest BCUT2D eigenvalue weighted by Gasteiger charge is 2.38. The minimum Gasteiger partial charge on any atom is -0.348 e. The molecule has 3 rings (SSSR count). The Kier molecular flexibility index (Phi) is 6.93. The number of aromatic nitrogens is 4. The van der Waals surface area contributed by atoms with Gasteiger partial charge in [-0.25, -0.2) is 4.68 Å². The summed E-state index contributed by atoms with van der Waals surface area (Å²) in [7, 11) is 0. The summed E-state index contributed by atoms with van der Waals surface area (Å²) in [5.74, 6) is 0. The van der Waals surface area contributed by atoms with Crippen LogP contribution < -0.4 is 0 Å². The fourth-order valence-electron chi connectivity index (χ4n) is 3.66. The molecule has 0 amide bonds. The molecular weight excluding hydrogens is 336 g/mol. The Balaban J connectivity index is 1.94. The van der Waals surface area contributed by atoms with Crippen LogP contribution >= 0.6 is 0 Å². The average Bonchev–Trinajstić information content (AvgIpc) is 3.15. The van der Waals surface area contributed by atoms with Gasteiger partial charge in [0.25, 0.3) is 0 Å². The zero-order valence-corrected chi connectivity index (χ0v) is 16.5. The topological polar surface area (TPSA) is 52.8 Å². The van der Waals surface area contributed by atoms with E-state index in [1.54, 1.807) is 0 Å². The van der Waals surface area contributed by atoms with Gasteiger partial charge in [0.2, 0.25) is 5.72 Å². The van der Waals surface area contributed by atoms with E-state index in [1.807, 2.05) is 60.3 Å². The van der Waals surface area contributed by atoms with Crippen LogP contribution in [0.4, 0.5) is 0 Å². The normalized spacial score (nSPS) is 13.7. The van der Waals surface area contributed by atoms with Crippen molar-refractivity contribution < 1.29 is 4.74 Å². The number of hydrogen-bond acceptors (Lipinski definition) is 4. The summed E-state index contributed by atoms with van der Waals surface area (Å²) in [5.41, 5.74) is 2.01. The van der Waals surface area contributed by atoms with Gasteiger partial charge < -0.3 is 4.74 Å². The molecule has 0 N–H and O–H groups in total. The maximum Gasteiger partial charge on any atom is 0.205 e. The summed E-state index contributed by atoms with van der Waals surface area (Å²) in [6.45, 7) is 4.86. The number of unbranched alkanes of at least 4 members (excludes halogenated alkanes) is 5. The molecule has 1 aromatic carbocycles. The summed E-state index contributed by atoms with van der Waals surface area (Å²) in [4.78, 5) is 4.65. The van der Waals surface area contributed by atoms with E-state index in [4.69, 9.17) is 4.74 Å². The first-order chi connectivity index (χ1) is 13.3. The van der Waals surface area contributed by atoms with Gasteiger partial charge in [0.05, 0.1) is 11.2 Å². The Labute approximate surface area is 161 Å². The highest BCUT2D eigenvalue weighted by Crippen LogP contribution is 2.34. The molecule has 0 aliphatic carbocycles. The van der Waals surface area contributed by atoms with Gasteiger partial charge in [-0.3, -0.25) is 4.98 Å². The van der Waals surface area contributed by atoms with Crippen molar-refractivity contribution in [3.05, 3.63) is 54.4 Å². The maximum absolute atomic E-state index is 6.39. The molecule has 0 saturated heterocycles. The monoisotopic (exact) mass is 366 g/mol. The van der Waals surface area contributed by atoms with E-state index in [0.717, 1.165) is 29.6 Å². The Bertz CT molecular complexity index is 817. The van der Waals surface area contributed by atoms with Crippen molar-refractivity contribution in [2.24, 2.45) is 0 Å². The van der Waals surface area contributed by atoms with Crippen molar-refractivity contribution in [3.63, 3.8) is 0 Å². The SMILES string of the molecule is CCCCCCCCC(OCC)(c1ccccn1)n1nnc2ccccc21. The van der Waals surface area contributed by atoms with Crippen molar-refractivity contribution >= 4 is 11.0 Å².